The molecule has 16 heavy (non-hydrogen) atoms. The molecule has 0 spiro atoms. The summed E-state index contributed by atoms with van der Waals surface area (Å²) in [5, 5.41) is 10.1. The van der Waals surface area contributed by atoms with Gasteiger partial charge < -0.3 is 9.84 Å². The number of rotatable bonds is 2. The summed E-state index contributed by atoms with van der Waals surface area (Å²) in [6.45, 7) is 0.607. The van der Waals surface area contributed by atoms with Gasteiger partial charge in [-0.25, -0.2) is 4.39 Å². The lowest BCUT2D eigenvalue weighted by Gasteiger charge is -2.20. The van der Waals surface area contributed by atoms with Gasteiger partial charge in [0.2, 0.25) is 0 Å². The van der Waals surface area contributed by atoms with E-state index in [-0.39, 0.29) is 10.3 Å². The van der Waals surface area contributed by atoms with Crippen molar-refractivity contribution in [1.82, 2.24) is 0 Å². The minimum absolute atomic E-state index is 0.289. The van der Waals surface area contributed by atoms with Crippen LogP contribution in [0, 0.1) is 5.82 Å². The molecule has 0 amide bonds. The number of allylic oxidation sites excluding steroid dienone is 1. The quantitative estimate of drug-likeness (QED) is 0.904. The predicted octanol–water partition coefficient (Wildman–Crippen LogP) is 3.32. The summed E-state index contributed by atoms with van der Waals surface area (Å²) < 4.78 is 18.9. The summed E-state index contributed by atoms with van der Waals surface area (Å²) in [6.07, 6.45) is 2.80. The van der Waals surface area contributed by atoms with Crippen LogP contribution in [0.4, 0.5) is 4.39 Å². The van der Waals surface area contributed by atoms with E-state index < -0.39 is 6.10 Å². The lowest BCUT2D eigenvalue weighted by Crippen LogP contribution is -2.10. The Labute approximate surface area is 102 Å². The zero-order valence-electron chi connectivity index (χ0n) is 8.62. The van der Waals surface area contributed by atoms with Crippen molar-refractivity contribution >= 4 is 15.9 Å². The second-order valence-electron chi connectivity index (χ2n) is 3.64. The van der Waals surface area contributed by atoms with E-state index >= 15 is 0 Å². The van der Waals surface area contributed by atoms with Crippen molar-refractivity contribution < 1.29 is 14.2 Å². The van der Waals surface area contributed by atoms with E-state index in [9.17, 15) is 9.50 Å². The molecular weight excluding hydrogens is 275 g/mol. The van der Waals surface area contributed by atoms with Gasteiger partial charge in [0.25, 0.3) is 0 Å². The highest BCUT2D eigenvalue weighted by Gasteiger charge is 2.20. The van der Waals surface area contributed by atoms with Crippen LogP contribution in [0.1, 0.15) is 24.5 Å². The first-order valence-corrected chi connectivity index (χ1v) is 5.94. The molecule has 1 aromatic carbocycles. The van der Waals surface area contributed by atoms with Crippen LogP contribution >= 0.6 is 15.9 Å². The molecule has 0 saturated carbocycles. The molecule has 2 rings (SSSR count). The van der Waals surface area contributed by atoms with Crippen molar-refractivity contribution in [2.24, 2.45) is 0 Å². The van der Waals surface area contributed by atoms with Crippen LogP contribution in [-0.2, 0) is 4.74 Å². The Balaban J connectivity index is 2.29. The molecule has 1 atom stereocenters. The number of aliphatic hydroxyl groups is 1. The fraction of sp³-hybridized carbons (Fsp3) is 0.333. The zero-order valence-corrected chi connectivity index (χ0v) is 10.2. The smallest absolute Gasteiger partial charge is 0.137 e. The SMILES string of the molecule is OC(C1=CCCCO1)c1cccc(F)c1Br. The highest BCUT2D eigenvalue weighted by Crippen LogP contribution is 2.32. The maximum Gasteiger partial charge on any atom is 0.137 e. The fourth-order valence-corrected chi connectivity index (χ4v) is 2.13. The standard InChI is InChI=1S/C12H12BrFO2/c13-11-8(4-3-5-9(11)14)12(15)10-6-1-2-7-16-10/h3-6,12,15H,1-2,7H2. The minimum Gasteiger partial charge on any atom is -0.495 e. The summed E-state index contributed by atoms with van der Waals surface area (Å²) in [6, 6.07) is 4.59. The van der Waals surface area contributed by atoms with Crippen molar-refractivity contribution in [3.63, 3.8) is 0 Å². The molecule has 4 heteroatoms. The zero-order chi connectivity index (χ0) is 11.5. The molecule has 1 heterocycles. The highest BCUT2D eigenvalue weighted by molar-refractivity contribution is 9.10. The van der Waals surface area contributed by atoms with Crippen LogP contribution in [0.2, 0.25) is 0 Å². The molecule has 1 aliphatic heterocycles. The number of hydrogen-bond donors (Lipinski definition) is 1. The Morgan fingerprint density at radius 2 is 2.25 bits per heavy atom. The molecule has 1 unspecified atom stereocenters. The third-order valence-electron chi connectivity index (χ3n) is 2.51. The number of hydrogen-bond acceptors (Lipinski definition) is 2. The molecule has 0 aromatic heterocycles. The molecule has 1 N–H and O–H groups in total. The van der Waals surface area contributed by atoms with Crippen LogP contribution in [0.5, 0.6) is 0 Å². The summed E-state index contributed by atoms with van der Waals surface area (Å²) >= 11 is 3.13. The molecule has 0 fully saturated rings. The lowest BCUT2D eigenvalue weighted by molar-refractivity contribution is 0.0912. The van der Waals surface area contributed by atoms with Crippen molar-refractivity contribution in [1.29, 1.82) is 0 Å². The maximum atomic E-state index is 13.3. The van der Waals surface area contributed by atoms with Crippen LogP contribution in [0.3, 0.4) is 0 Å². The first kappa shape index (κ1) is 11.6. The summed E-state index contributed by atoms with van der Waals surface area (Å²) in [7, 11) is 0. The average Bonchev–Trinajstić information content (AvgIpc) is 2.33. The second kappa shape index (κ2) is 4.97. The predicted molar refractivity (Wildman–Crippen MR) is 62.3 cm³/mol. The number of halogens is 2. The Bertz CT molecular complexity index is 417. The Kier molecular flexibility index (Phi) is 3.61. The van der Waals surface area contributed by atoms with Gasteiger partial charge in [-0.15, -0.1) is 0 Å². The van der Waals surface area contributed by atoms with Crippen LogP contribution in [0.15, 0.2) is 34.5 Å². The average molecular weight is 287 g/mol. The second-order valence-corrected chi connectivity index (χ2v) is 4.44. The van der Waals surface area contributed by atoms with E-state index in [1.54, 1.807) is 12.1 Å². The molecule has 0 bridgehead atoms. The van der Waals surface area contributed by atoms with Crippen molar-refractivity contribution in [2.45, 2.75) is 18.9 Å². The van der Waals surface area contributed by atoms with Crippen molar-refractivity contribution in [2.75, 3.05) is 6.61 Å². The number of aliphatic hydroxyl groups excluding tert-OH is 1. The van der Waals surface area contributed by atoms with E-state index in [0.29, 0.717) is 17.9 Å². The van der Waals surface area contributed by atoms with Crippen molar-refractivity contribution in [3.8, 4) is 0 Å². The number of benzene rings is 1. The highest BCUT2D eigenvalue weighted by atomic mass is 79.9. The van der Waals surface area contributed by atoms with E-state index in [1.165, 1.54) is 6.07 Å². The molecule has 0 radical (unpaired) electrons. The van der Waals surface area contributed by atoms with Crippen LogP contribution in [-0.4, -0.2) is 11.7 Å². The Morgan fingerprint density at radius 1 is 1.44 bits per heavy atom. The van der Waals surface area contributed by atoms with Crippen molar-refractivity contribution in [3.05, 3.63) is 45.9 Å². The fourth-order valence-electron chi connectivity index (χ4n) is 1.65. The molecule has 0 aliphatic carbocycles. The third kappa shape index (κ3) is 2.28. The van der Waals surface area contributed by atoms with Gasteiger partial charge in [-0.3, -0.25) is 0 Å². The van der Waals surface area contributed by atoms with Gasteiger partial charge in [-0.05, 0) is 40.9 Å². The first-order chi connectivity index (χ1) is 7.70. The molecule has 2 nitrogen and oxygen atoms in total. The lowest BCUT2D eigenvalue weighted by atomic mass is 10.1. The maximum absolute atomic E-state index is 13.3. The molecular formula is C12H12BrFO2. The van der Waals surface area contributed by atoms with E-state index in [4.69, 9.17) is 4.74 Å². The Hall–Kier alpha value is -0.870. The van der Waals surface area contributed by atoms with E-state index in [2.05, 4.69) is 15.9 Å². The van der Waals surface area contributed by atoms with E-state index in [1.807, 2.05) is 6.08 Å². The largest absolute Gasteiger partial charge is 0.495 e. The van der Waals surface area contributed by atoms with Gasteiger partial charge in [0, 0.05) is 5.56 Å². The summed E-state index contributed by atoms with van der Waals surface area (Å²) in [5.41, 5.74) is 0.494. The van der Waals surface area contributed by atoms with Gasteiger partial charge in [0.05, 0.1) is 11.1 Å². The Morgan fingerprint density at radius 3 is 2.94 bits per heavy atom. The topological polar surface area (TPSA) is 29.5 Å². The summed E-state index contributed by atoms with van der Waals surface area (Å²) in [4.78, 5) is 0. The van der Waals surface area contributed by atoms with Gasteiger partial charge in [-0.2, -0.15) is 0 Å². The van der Waals surface area contributed by atoms with Crippen LogP contribution < -0.4 is 0 Å². The molecule has 1 aliphatic rings. The minimum atomic E-state index is -0.898. The third-order valence-corrected chi connectivity index (χ3v) is 3.34. The molecule has 1 aromatic rings. The molecule has 0 saturated heterocycles. The first-order valence-electron chi connectivity index (χ1n) is 5.15. The van der Waals surface area contributed by atoms with Gasteiger partial charge in [0.15, 0.2) is 0 Å². The normalized spacial score (nSPS) is 17.6. The summed E-state index contributed by atoms with van der Waals surface area (Å²) in [5.74, 6) is 0.130. The van der Waals surface area contributed by atoms with Crippen LogP contribution in [0.25, 0.3) is 0 Å². The van der Waals surface area contributed by atoms with Gasteiger partial charge >= 0.3 is 0 Å². The van der Waals surface area contributed by atoms with Gasteiger partial charge in [-0.1, -0.05) is 12.1 Å². The number of ether oxygens (including phenoxy) is 1. The molecule has 86 valence electrons. The van der Waals surface area contributed by atoms with Gasteiger partial charge in [0.1, 0.15) is 17.7 Å². The monoisotopic (exact) mass is 286 g/mol. The van der Waals surface area contributed by atoms with E-state index in [0.717, 1.165) is 12.8 Å².